The largest absolute Gasteiger partial charge is 0.329 e. The molecule has 2 N–H and O–H groups in total. The molecule has 0 aliphatic carbocycles. The molecule has 0 amide bonds. The van der Waals surface area contributed by atoms with Crippen molar-refractivity contribution >= 4 is 0 Å². The first-order valence-corrected chi connectivity index (χ1v) is 7.85. The predicted molar refractivity (Wildman–Crippen MR) is 88.1 cm³/mol. The Kier molecular flexibility index (Phi) is 4.37. The van der Waals surface area contributed by atoms with Gasteiger partial charge in [0.05, 0.1) is 0 Å². The third kappa shape index (κ3) is 3.17. The molecule has 1 unspecified atom stereocenters. The molecule has 0 saturated carbocycles. The highest BCUT2D eigenvalue weighted by molar-refractivity contribution is 5.29. The number of hydrogen-bond acceptors (Lipinski definition) is 2. The third-order valence-electron chi connectivity index (χ3n) is 4.51. The summed E-state index contributed by atoms with van der Waals surface area (Å²) in [5, 5.41) is 0. The van der Waals surface area contributed by atoms with Crippen molar-refractivity contribution in [3.8, 4) is 0 Å². The van der Waals surface area contributed by atoms with Gasteiger partial charge in [0.15, 0.2) is 0 Å². The van der Waals surface area contributed by atoms with Gasteiger partial charge in [0, 0.05) is 19.1 Å². The molecular formula is C19H24N2. The molecule has 0 bridgehead atoms. The van der Waals surface area contributed by atoms with Crippen LogP contribution in [0.1, 0.15) is 34.7 Å². The van der Waals surface area contributed by atoms with Crippen LogP contribution in [0.3, 0.4) is 0 Å². The van der Waals surface area contributed by atoms with Gasteiger partial charge in [-0.05, 0) is 43.0 Å². The summed E-state index contributed by atoms with van der Waals surface area (Å²) in [4.78, 5) is 2.54. The van der Waals surface area contributed by atoms with Crippen LogP contribution in [0.5, 0.6) is 0 Å². The van der Waals surface area contributed by atoms with Gasteiger partial charge in [-0.1, -0.05) is 54.1 Å². The van der Waals surface area contributed by atoms with Gasteiger partial charge >= 0.3 is 0 Å². The molecule has 2 nitrogen and oxygen atoms in total. The van der Waals surface area contributed by atoms with Crippen molar-refractivity contribution in [2.24, 2.45) is 5.73 Å². The van der Waals surface area contributed by atoms with Crippen molar-refractivity contribution in [3.63, 3.8) is 0 Å². The zero-order valence-corrected chi connectivity index (χ0v) is 12.8. The van der Waals surface area contributed by atoms with E-state index in [4.69, 9.17) is 5.73 Å². The van der Waals surface area contributed by atoms with E-state index in [1.54, 1.807) is 0 Å². The Labute approximate surface area is 127 Å². The van der Waals surface area contributed by atoms with E-state index < -0.39 is 0 Å². The van der Waals surface area contributed by atoms with Gasteiger partial charge in [-0.25, -0.2) is 0 Å². The van der Waals surface area contributed by atoms with Crippen molar-refractivity contribution in [1.82, 2.24) is 4.90 Å². The highest BCUT2D eigenvalue weighted by atomic mass is 15.2. The topological polar surface area (TPSA) is 29.3 Å². The van der Waals surface area contributed by atoms with E-state index >= 15 is 0 Å². The maximum atomic E-state index is 6.10. The molecule has 2 aromatic rings. The average molecular weight is 280 g/mol. The van der Waals surface area contributed by atoms with Crippen LogP contribution in [0.4, 0.5) is 0 Å². The Morgan fingerprint density at radius 2 is 1.76 bits per heavy atom. The molecule has 2 aromatic carbocycles. The van der Waals surface area contributed by atoms with Crippen molar-refractivity contribution in [1.29, 1.82) is 0 Å². The van der Waals surface area contributed by atoms with Crippen molar-refractivity contribution in [3.05, 3.63) is 70.8 Å². The highest BCUT2D eigenvalue weighted by Crippen LogP contribution is 2.26. The highest BCUT2D eigenvalue weighted by Gasteiger charge is 2.22. The van der Waals surface area contributed by atoms with E-state index in [9.17, 15) is 0 Å². The maximum Gasteiger partial charge on any atom is 0.0473 e. The van der Waals surface area contributed by atoms with Crippen molar-refractivity contribution in [2.45, 2.75) is 32.4 Å². The van der Waals surface area contributed by atoms with Crippen LogP contribution in [-0.4, -0.2) is 18.0 Å². The van der Waals surface area contributed by atoms with Crippen LogP contribution in [0, 0.1) is 6.92 Å². The molecule has 21 heavy (non-hydrogen) atoms. The van der Waals surface area contributed by atoms with E-state index in [1.807, 2.05) is 0 Å². The molecule has 1 aliphatic rings. The first-order valence-electron chi connectivity index (χ1n) is 7.85. The zero-order chi connectivity index (χ0) is 14.7. The van der Waals surface area contributed by atoms with Gasteiger partial charge < -0.3 is 5.73 Å². The van der Waals surface area contributed by atoms with Crippen LogP contribution < -0.4 is 5.73 Å². The first-order chi connectivity index (χ1) is 10.3. The summed E-state index contributed by atoms with van der Waals surface area (Å²) < 4.78 is 0. The Balaban J connectivity index is 1.86. The van der Waals surface area contributed by atoms with Crippen LogP contribution >= 0.6 is 0 Å². The third-order valence-corrected chi connectivity index (χ3v) is 4.51. The molecule has 0 fully saturated rings. The SMILES string of the molecule is Cc1ccc(C(CN)N2CCCc3ccccc3C2)cc1. The van der Waals surface area contributed by atoms with Gasteiger partial charge in [-0.15, -0.1) is 0 Å². The number of fused-ring (bicyclic) bond motifs is 1. The van der Waals surface area contributed by atoms with E-state index in [0.717, 1.165) is 13.1 Å². The molecule has 2 heteroatoms. The Bertz CT molecular complexity index is 589. The lowest BCUT2D eigenvalue weighted by molar-refractivity contribution is 0.195. The smallest absolute Gasteiger partial charge is 0.0473 e. The van der Waals surface area contributed by atoms with Crippen molar-refractivity contribution < 1.29 is 0 Å². The van der Waals surface area contributed by atoms with E-state index in [-0.39, 0.29) is 0 Å². The minimum Gasteiger partial charge on any atom is -0.329 e. The Morgan fingerprint density at radius 1 is 1.05 bits per heavy atom. The molecule has 0 saturated heterocycles. The molecule has 1 heterocycles. The zero-order valence-electron chi connectivity index (χ0n) is 12.8. The van der Waals surface area contributed by atoms with Gasteiger partial charge in [0.1, 0.15) is 0 Å². The predicted octanol–water partition coefficient (Wildman–Crippen LogP) is 3.44. The van der Waals surface area contributed by atoms with Gasteiger partial charge in [-0.3, -0.25) is 4.90 Å². The normalized spacial score (nSPS) is 17.0. The van der Waals surface area contributed by atoms with Gasteiger partial charge in [0.25, 0.3) is 0 Å². The summed E-state index contributed by atoms with van der Waals surface area (Å²) in [6.45, 7) is 4.92. The lowest BCUT2D eigenvalue weighted by Crippen LogP contribution is -2.33. The average Bonchev–Trinajstić information content (AvgIpc) is 2.72. The number of benzene rings is 2. The standard InChI is InChI=1S/C19H24N2/c1-15-8-10-17(11-9-15)19(13-20)21-12-4-7-16-5-2-3-6-18(16)14-21/h2-3,5-6,8-11,19H,4,7,12-14,20H2,1H3. The van der Waals surface area contributed by atoms with E-state index in [0.29, 0.717) is 12.6 Å². The second-order valence-corrected chi connectivity index (χ2v) is 6.00. The van der Waals surface area contributed by atoms with Crippen LogP contribution in [0.15, 0.2) is 48.5 Å². The van der Waals surface area contributed by atoms with Gasteiger partial charge in [0.2, 0.25) is 0 Å². The van der Waals surface area contributed by atoms with Gasteiger partial charge in [-0.2, -0.15) is 0 Å². The lowest BCUT2D eigenvalue weighted by Gasteiger charge is -2.30. The minimum absolute atomic E-state index is 0.316. The molecule has 1 atom stereocenters. The molecule has 0 aromatic heterocycles. The van der Waals surface area contributed by atoms with Crippen LogP contribution in [-0.2, 0) is 13.0 Å². The fourth-order valence-corrected chi connectivity index (χ4v) is 3.28. The molecule has 3 rings (SSSR count). The van der Waals surface area contributed by atoms with E-state index in [1.165, 1.54) is 35.1 Å². The number of nitrogens with zero attached hydrogens (tertiary/aromatic N) is 1. The molecule has 0 radical (unpaired) electrons. The fourth-order valence-electron chi connectivity index (χ4n) is 3.28. The number of aryl methyl sites for hydroxylation is 2. The second-order valence-electron chi connectivity index (χ2n) is 6.00. The number of nitrogens with two attached hydrogens (primary N) is 1. The number of hydrogen-bond donors (Lipinski definition) is 1. The van der Waals surface area contributed by atoms with E-state index in [2.05, 4.69) is 60.4 Å². The second kappa shape index (κ2) is 6.42. The minimum atomic E-state index is 0.316. The first kappa shape index (κ1) is 14.3. The van der Waals surface area contributed by atoms with Crippen LogP contribution in [0.25, 0.3) is 0 Å². The fraction of sp³-hybridized carbons (Fsp3) is 0.368. The van der Waals surface area contributed by atoms with Crippen molar-refractivity contribution in [2.75, 3.05) is 13.1 Å². The summed E-state index contributed by atoms with van der Waals surface area (Å²) in [6.07, 6.45) is 2.39. The van der Waals surface area contributed by atoms with Crippen LogP contribution in [0.2, 0.25) is 0 Å². The maximum absolute atomic E-state index is 6.10. The summed E-state index contributed by atoms with van der Waals surface area (Å²) in [5.41, 5.74) is 11.7. The lowest BCUT2D eigenvalue weighted by atomic mass is 10.0. The quantitative estimate of drug-likeness (QED) is 0.933. The Morgan fingerprint density at radius 3 is 2.48 bits per heavy atom. The number of rotatable bonds is 3. The summed E-state index contributed by atoms with van der Waals surface area (Å²) in [7, 11) is 0. The molecule has 0 spiro atoms. The molecule has 1 aliphatic heterocycles. The Hall–Kier alpha value is -1.64. The summed E-state index contributed by atoms with van der Waals surface area (Å²) >= 11 is 0. The summed E-state index contributed by atoms with van der Waals surface area (Å²) in [6, 6.07) is 18.0. The summed E-state index contributed by atoms with van der Waals surface area (Å²) in [5.74, 6) is 0. The molecule has 110 valence electrons. The molecular weight excluding hydrogens is 256 g/mol. The monoisotopic (exact) mass is 280 g/mol.